The fraction of sp³-hybridized carbons (Fsp3) is 0.250. The Kier molecular flexibility index (Phi) is 6.10. The highest BCUT2D eigenvalue weighted by Crippen LogP contribution is 2.16. The first-order chi connectivity index (χ1) is 12.0. The molecular weight excluding hydrogens is 328 g/mol. The van der Waals surface area contributed by atoms with Crippen LogP contribution in [-0.4, -0.2) is 24.0 Å². The lowest BCUT2D eigenvalue weighted by Crippen LogP contribution is -2.30. The molecule has 132 valence electrons. The van der Waals surface area contributed by atoms with Gasteiger partial charge in [-0.3, -0.25) is 20.2 Å². The molecule has 2 N–H and O–H groups in total. The summed E-state index contributed by atoms with van der Waals surface area (Å²) in [5.74, 6) is 0.633. The molecular formula is C16H18N4O5. The van der Waals surface area contributed by atoms with Crippen LogP contribution < -0.4 is 20.1 Å². The number of nitro groups is 1. The number of nitrogens with zero attached hydrogens (tertiary/aromatic N) is 2. The number of benzene rings is 1. The highest BCUT2D eigenvalue weighted by Gasteiger charge is 2.12. The molecule has 9 heteroatoms. The van der Waals surface area contributed by atoms with Gasteiger partial charge in [0.25, 0.3) is 11.5 Å². The number of carbonyl (C=O) groups is 1. The maximum Gasteiger partial charge on any atom is 0.284 e. The molecule has 1 heterocycles. The topological polar surface area (TPSA) is 120 Å². The first-order valence-electron chi connectivity index (χ1n) is 7.57. The summed E-state index contributed by atoms with van der Waals surface area (Å²) >= 11 is 0. The molecule has 25 heavy (non-hydrogen) atoms. The van der Waals surface area contributed by atoms with Crippen LogP contribution >= 0.6 is 0 Å². The van der Waals surface area contributed by atoms with Crippen LogP contribution in [0.5, 0.6) is 5.75 Å². The van der Waals surface area contributed by atoms with Gasteiger partial charge in [0.05, 0.1) is 24.1 Å². The summed E-state index contributed by atoms with van der Waals surface area (Å²) < 4.78 is 6.09. The SMILES string of the molecule is CC(=O)Nc1ccc(OCCCNc2cc([N+](=O)[O-])cc[n+]2[O-])cc1. The molecule has 0 aliphatic rings. The van der Waals surface area contributed by atoms with Crippen LogP contribution in [0.1, 0.15) is 13.3 Å². The molecule has 1 amide bonds. The summed E-state index contributed by atoms with van der Waals surface area (Å²) in [5, 5.41) is 27.8. The summed E-state index contributed by atoms with van der Waals surface area (Å²) in [6, 6.07) is 9.28. The number of hydrogen-bond acceptors (Lipinski definition) is 6. The average molecular weight is 346 g/mol. The lowest BCUT2D eigenvalue weighted by molar-refractivity contribution is -0.591. The van der Waals surface area contributed by atoms with Gasteiger partial charge < -0.3 is 15.3 Å². The quantitative estimate of drug-likeness (QED) is 0.248. The van der Waals surface area contributed by atoms with Gasteiger partial charge in [-0.25, -0.2) is 4.73 Å². The van der Waals surface area contributed by atoms with Gasteiger partial charge in [0, 0.05) is 19.0 Å². The lowest BCUT2D eigenvalue weighted by atomic mass is 10.3. The fourth-order valence-electron chi connectivity index (χ4n) is 2.04. The highest BCUT2D eigenvalue weighted by atomic mass is 16.6. The molecule has 9 nitrogen and oxygen atoms in total. The number of ether oxygens (including phenoxy) is 1. The van der Waals surface area contributed by atoms with Crippen molar-refractivity contribution in [3.63, 3.8) is 0 Å². The van der Waals surface area contributed by atoms with E-state index in [9.17, 15) is 20.1 Å². The van der Waals surface area contributed by atoms with Crippen molar-refractivity contribution in [2.45, 2.75) is 13.3 Å². The molecule has 2 aromatic rings. The maximum atomic E-state index is 11.6. The molecule has 2 rings (SSSR count). The summed E-state index contributed by atoms with van der Waals surface area (Å²) in [5.41, 5.74) is 0.539. The van der Waals surface area contributed by atoms with Crippen molar-refractivity contribution >= 4 is 23.1 Å². The van der Waals surface area contributed by atoms with Crippen LogP contribution in [0.4, 0.5) is 17.2 Å². The van der Waals surface area contributed by atoms with Crippen LogP contribution in [0.15, 0.2) is 42.6 Å². The zero-order valence-corrected chi connectivity index (χ0v) is 13.6. The minimum atomic E-state index is -0.557. The second kappa shape index (κ2) is 8.48. The third-order valence-corrected chi connectivity index (χ3v) is 3.18. The van der Waals surface area contributed by atoms with E-state index < -0.39 is 4.92 Å². The summed E-state index contributed by atoms with van der Waals surface area (Å²) in [4.78, 5) is 21.1. The van der Waals surface area contributed by atoms with Crippen molar-refractivity contribution in [1.82, 2.24) is 0 Å². The molecule has 1 aromatic heterocycles. The monoisotopic (exact) mass is 346 g/mol. The van der Waals surface area contributed by atoms with E-state index in [0.29, 0.717) is 35.7 Å². The van der Waals surface area contributed by atoms with Crippen LogP contribution in [-0.2, 0) is 4.79 Å². The Labute approximate surface area is 144 Å². The van der Waals surface area contributed by atoms with Gasteiger partial charge in [-0.1, -0.05) is 0 Å². The molecule has 0 atom stereocenters. The predicted molar refractivity (Wildman–Crippen MR) is 91.4 cm³/mol. The number of anilines is 2. The van der Waals surface area contributed by atoms with Crippen molar-refractivity contribution in [3.8, 4) is 5.75 Å². The van der Waals surface area contributed by atoms with Crippen molar-refractivity contribution < 1.29 is 19.2 Å². The molecule has 0 unspecified atom stereocenters. The summed E-state index contributed by atoms with van der Waals surface area (Å²) in [7, 11) is 0. The van der Waals surface area contributed by atoms with Crippen molar-refractivity contribution in [2.24, 2.45) is 0 Å². The smallest absolute Gasteiger partial charge is 0.284 e. The zero-order valence-electron chi connectivity index (χ0n) is 13.6. The van der Waals surface area contributed by atoms with E-state index in [2.05, 4.69) is 10.6 Å². The van der Waals surface area contributed by atoms with Crippen molar-refractivity contribution in [1.29, 1.82) is 0 Å². The van der Waals surface area contributed by atoms with Gasteiger partial charge in [0.15, 0.2) is 0 Å². The fourth-order valence-corrected chi connectivity index (χ4v) is 2.04. The Morgan fingerprint density at radius 1 is 1.28 bits per heavy atom. The van der Waals surface area contributed by atoms with Crippen LogP contribution in [0.3, 0.4) is 0 Å². The number of carbonyl (C=O) groups excluding carboxylic acids is 1. The first kappa shape index (κ1) is 18.0. The highest BCUT2D eigenvalue weighted by molar-refractivity contribution is 5.88. The van der Waals surface area contributed by atoms with E-state index in [-0.39, 0.29) is 17.4 Å². The van der Waals surface area contributed by atoms with Gasteiger partial charge in [-0.2, -0.15) is 0 Å². The number of hydrogen-bond donors (Lipinski definition) is 2. The van der Waals surface area contributed by atoms with Crippen molar-refractivity contribution in [3.05, 3.63) is 57.9 Å². The van der Waals surface area contributed by atoms with Crippen LogP contribution in [0.2, 0.25) is 0 Å². The van der Waals surface area contributed by atoms with Gasteiger partial charge in [-0.05, 0) is 24.3 Å². The summed E-state index contributed by atoms with van der Waals surface area (Å²) in [6.07, 6.45) is 1.68. The molecule has 1 aromatic carbocycles. The van der Waals surface area contributed by atoms with E-state index in [1.807, 2.05) is 0 Å². The molecule has 0 radical (unpaired) electrons. The second-order valence-electron chi connectivity index (χ2n) is 5.19. The van der Waals surface area contributed by atoms with E-state index in [1.54, 1.807) is 24.3 Å². The Balaban J connectivity index is 1.75. The van der Waals surface area contributed by atoms with Crippen LogP contribution in [0, 0.1) is 15.3 Å². The Morgan fingerprint density at radius 2 is 2.00 bits per heavy atom. The van der Waals surface area contributed by atoms with Gasteiger partial charge in [0.2, 0.25) is 5.91 Å². The molecule has 0 saturated carbocycles. The Bertz CT molecular complexity index is 749. The molecule has 0 saturated heterocycles. The zero-order chi connectivity index (χ0) is 18.2. The molecule has 0 spiro atoms. The van der Waals surface area contributed by atoms with E-state index >= 15 is 0 Å². The van der Waals surface area contributed by atoms with Crippen LogP contribution in [0.25, 0.3) is 0 Å². The average Bonchev–Trinajstić information content (AvgIpc) is 2.57. The van der Waals surface area contributed by atoms with Gasteiger partial charge >= 0.3 is 0 Å². The minimum absolute atomic E-state index is 0.119. The predicted octanol–water partition coefficient (Wildman–Crippen LogP) is 2.07. The molecule has 0 bridgehead atoms. The van der Waals surface area contributed by atoms with Crippen molar-refractivity contribution in [2.75, 3.05) is 23.8 Å². The normalized spacial score (nSPS) is 10.1. The molecule has 0 aliphatic carbocycles. The van der Waals surface area contributed by atoms with E-state index in [1.165, 1.54) is 13.0 Å². The standard InChI is InChI=1S/C16H18N4O5/c1-12(21)18-13-3-5-15(6-4-13)25-10-2-8-17-16-11-14(20(23)24)7-9-19(16)22/h3-7,9,11,17H,2,8,10H2,1H3,(H,18,21). The Morgan fingerprint density at radius 3 is 2.64 bits per heavy atom. The Hall–Kier alpha value is -3.36. The molecule has 0 fully saturated rings. The number of pyridine rings is 1. The van der Waals surface area contributed by atoms with E-state index in [4.69, 9.17) is 4.74 Å². The first-order valence-corrected chi connectivity index (χ1v) is 7.57. The number of rotatable bonds is 8. The third kappa shape index (κ3) is 5.65. The summed E-state index contributed by atoms with van der Waals surface area (Å²) in [6.45, 7) is 2.26. The molecule has 0 aliphatic heterocycles. The van der Waals surface area contributed by atoms with Gasteiger partial charge in [0.1, 0.15) is 18.0 Å². The number of amides is 1. The third-order valence-electron chi connectivity index (χ3n) is 3.18. The van der Waals surface area contributed by atoms with Gasteiger partial charge in [-0.15, -0.1) is 0 Å². The minimum Gasteiger partial charge on any atom is -0.711 e. The maximum absolute atomic E-state index is 11.6. The largest absolute Gasteiger partial charge is 0.711 e. The number of nitrogens with one attached hydrogen (secondary N) is 2. The number of aromatic nitrogens is 1. The second-order valence-corrected chi connectivity index (χ2v) is 5.19. The van der Waals surface area contributed by atoms with E-state index in [0.717, 1.165) is 12.3 Å². The lowest BCUT2D eigenvalue weighted by Gasteiger charge is -2.09.